The zero-order valence-electron chi connectivity index (χ0n) is 27.7. The molecule has 3 amide bonds. The van der Waals surface area contributed by atoms with Crippen LogP contribution in [0.1, 0.15) is 52.2 Å². The Hall–Kier alpha value is -5.16. The number of piperidine rings is 1. The molecule has 2 N–H and O–H groups in total. The molecule has 0 radical (unpaired) electrons. The number of rotatable bonds is 5. The summed E-state index contributed by atoms with van der Waals surface area (Å²) in [5.74, 6) is 0.951. The van der Waals surface area contributed by atoms with Crippen LogP contribution in [-0.2, 0) is 16.1 Å². The van der Waals surface area contributed by atoms with Crippen LogP contribution in [0.4, 0.5) is 0 Å². The molecule has 11 nitrogen and oxygen atoms in total. The minimum Gasteiger partial charge on any atom is -0.493 e. The van der Waals surface area contributed by atoms with Crippen LogP contribution in [0, 0.1) is 12.8 Å². The molecule has 48 heavy (non-hydrogen) atoms. The lowest BCUT2D eigenvalue weighted by molar-refractivity contribution is -0.124. The maximum atomic E-state index is 13.6. The molecule has 0 saturated carbocycles. The van der Waals surface area contributed by atoms with Crippen molar-refractivity contribution in [2.45, 2.75) is 45.9 Å². The molecule has 3 aromatic carbocycles. The first-order valence-corrected chi connectivity index (χ1v) is 16.2. The van der Waals surface area contributed by atoms with Gasteiger partial charge in [-0.3, -0.25) is 19.5 Å². The van der Waals surface area contributed by atoms with Gasteiger partial charge in [0.25, 0.3) is 11.8 Å². The quantitative estimate of drug-likeness (QED) is 0.303. The minimum absolute atomic E-state index is 0.160. The van der Waals surface area contributed by atoms with E-state index < -0.39 is 6.10 Å². The number of hydrogen-bond acceptors (Lipinski definition) is 7. The standard InChI is InChI=1S/C37H41N5O6/c1-23(2)21-46-29-15-27-16-30(17-29)48-28-7-5-6-25(14-28)22-47-34-19-42(13-12-31(34)38-35(43)20-41(4)36(27)44)37(45)33-18-32(39-40-33)26-10-8-24(3)9-11-26/h5-11,14-18,23,31,34H,12-13,19-22H2,1-4H3,(H,38,43)(H,39,40)/t31-,34-/m0/s1. The zero-order valence-corrected chi connectivity index (χ0v) is 27.7. The number of benzene rings is 3. The highest BCUT2D eigenvalue weighted by Gasteiger charge is 2.34. The molecule has 2 aliphatic heterocycles. The van der Waals surface area contributed by atoms with Gasteiger partial charge < -0.3 is 29.3 Å². The van der Waals surface area contributed by atoms with Crippen molar-refractivity contribution >= 4 is 17.7 Å². The summed E-state index contributed by atoms with van der Waals surface area (Å²) < 4.78 is 18.6. The number of fused-ring (bicyclic) bond motifs is 5. The van der Waals surface area contributed by atoms with E-state index in [1.54, 1.807) is 36.2 Å². The maximum absolute atomic E-state index is 13.6. The highest BCUT2D eigenvalue weighted by molar-refractivity contribution is 5.97. The highest BCUT2D eigenvalue weighted by atomic mass is 16.5. The minimum atomic E-state index is -0.502. The van der Waals surface area contributed by atoms with Gasteiger partial charge in [-0.2, -0.15) is 5.10 Å². The number of H-pyrrole nitrogens is 1. The van der Waals surface area contributed by atoms with E-state index in [1.807, 2.05) is 69.3 Å². The van der Waals surface area contributed by atoms with Crippen LogP contribution < -0.4 is 14.8 Å². The van der Waals surface area contributed by atoms with Crippen LogP contribution in [0.3, 0.4) is 0 Å². The topological polar surface area (TPSA) is 126 Å². The first-order chi connectivity index (χ1) is 23.1. The van der Waals surface area contributed by atoms with Crippen LogP contribution in [0.25, 0.3) is 11.3 Å². The fourth-order valence-corrected chi connectivity index (χ4v) is 5.81. The summed E-state index contributed by atoms with van der Waals surface area (Å²) >= 11 is 0. The lowest BCUT2D eigenvalue weighted by atomic mass is 10.0. The van der Waals surface area contributed by atoms with E-state index >= 15 is 0 Å². The molecule has 0 unspecified atom stereocenters. The average Bonchev–Trinajstić information content (AvgIpc) is 3.56. The van der Waals surface area contributed by atoms with Gasteiger partial charge in [0.2, 0.25) is 5.91 Å². The number of ether oxygens (including phenoxy) is 3. The summed E-state index contributed by atoms with van der Waals surface area (Å²) in [5, 5.41) is 10.3. The third-order valence-corrected chi connectivity index (χ3v) is 8.38. The van der Waals surface area contributed by atoms with Crippen molar-refractivity contribution in [3.8, 4) is 28.5 Å². The number of aromatic nitrogens is 2. The Labute approximate surface area is 280 Å². The SMILES string of the molecule is Cc1ccc(-c2cc(C(=O)N3CC[C@@H]4NC(=O)CN(C)C(=O)c5cc(OCC(C)C)cc(c5)Oc5cccc(c5)CO[C@H]4C3)[nH]n2)cc1. The van der Waals surface area contributed by atoms with Gasteiger partial charge in [-0.1, -0.05) is 55.8 Å². The molecule has 1 aromatic heterocycles. The van der Waals surface area contributed by atoms with Crippen LogP contribution >= 0.6 is 0 Å². The van der Waals surface area contributed by atoms with Gasteiger partial charge in [-0.15, -0.1) is 0 Å². The average molecular weight is 652 g/mol. The van der Waals surface area contributed by atoms with Gasteiger partial charge in [-0.05, 0) is 55.2 Å². The summed E-state index contributed by atoms with van der Waals surface area (Å²) in [6.07, 6.45) is -0.0291. The normalized spacial score (nSPS) is 18.6. The largest absolute Gasteiger partial charge is 0.493 e. The Kier molecular flexibility index (Phi) is 9.77. The van der Waals surface area contributed by atoms with Crippen molar-refractivity contribution in [2.75, 3.05) is 33.3 Å². The summed E-state index contributed by atoms with van der Waals surface area (Å²) in [7, 11) is 1.58. The molecule has 1 saturated heterocycles. The maximum Gasteiger partial charge on any atom is 0.271 e. The van der Waals surface area contributed by atoms with Crippen LogP contribution in [0.15, 0.2) is 72.8 Å². The third-order valence-electron chi connectivity index (χ3n) is 8.38. The number of nitrogens with zero attached hydrogens (tertiary/aromatic N) is 3. The van der Waals surface area contributed by atoms with Crippen molar-refractivity contribution in [1.29, 1.82) is 0 Å². The lowest BCUT2D eigenvalue weighted by Crippen LogP contribution is -2.57. The predicted octanol–water partition coefficient (Wildman–Crippen LogP) is 5.21. The van der Waals surface area contributed by atoms with Crippen molar-refractivity contribution in [3.05, 3.63) is 95.2 Å². The van der Waals surface area contributed by atoms with Crippen molar-refractivity contribution in [1.82, 2.24) is 25.3 Å². The first-order valence-electron chi connectivity index (χ1n) is 16.2. The Morgan fingerprint density at radius 1 is 1.02 bits per heavy atom. The summed E-state index contributed by atoms with van der Waals surface area (Å²) in [6, 6.07) is 21.9. The van der Waals surface area contributed by atoms with Crippen molar-refractivity contribution in [2.24, 2.45) is 5.92 Å². The molecule has 250 valence electrons. The summed E-state index contributed by atoms with van der Waals surface area (Å²) in [4.78, 5) is 43.5. The fraction of sp³-hybridized carbons (Fsp3) is 0.351. The van der Waals surface area contributed by atoms with E-state index in [-0.39, 0.29) is 43.5 Å². The second-order valence-electron chi connectivity index (χ2n) is 12.9. The van der Waals surface area contributed by atoms with Gasteiger partial charge in [-0.25, -0.2) is 0 Å². The van der Waals surface area contributed by atoms with E-state index in [1.165, 1.54) is 4.90 Å². The Bertz CT molecular complexity index is 1780. The second-order valence-corrected chi connectivity index (χ2v) is 12.9. The Morgan fingerprint density at radius 3 is 2.62 bits per heavy atom. The highest BCUT2D eigenvalue weighted by Crippen LogP contribution is 2.30. The van der Waals surface area contributed by atoms with Gasteiger partial charge in [0.1, 0.15) is 22.9 Å². The van der Waals surface area contributed by atoms with E-state index in [4.69, 9.17) is 14.2 Å². The summed E-state index contributed by atoms with van der Waals surface area (Å²) in [5.41, 5.74) is 4.33. The Balaban J connectivity index is 1.23. The summed E-state index contributed by atoms with van der Waals surface area (Å²) in [6.45, 7) is 7.33. The van der Waals surface area contributed by atoms with Gasteiger partial charge in [0.05, 0.1) is 37.6 Å². The molecule has 3 heterocycles. The molecule has 2 atom stereocenters. The molecule has 11 heteroatoms. The molecule has 6 rings (SSSR count). The molecule has 0 aliphatic carbocycles. The van der Waals surface area contributed by atoms with E-state index in [2.05, 4.69) is 15.5 Å². The van der Waals surface area contributed by atoms with Crippen LogP contribution in [0.5, 0.6) is 17.2 Å². The number of likely N-dealkylation sites (tertiary alicyclic amines) is 1. The lowest BCUT2D eigenvalue weighted by Gasteiger charge is -2.38. The van der Waals surface area contributed by atoms with E-state index in [9.17, 15) is 14.4 Å². The molecule has 4 bridgehead atoms. The second kappa shape index (κ2) is 14.3. The van der Waals surface area contributed by atoms with Gasteiger partial charge in [0, 0.05) is 37.3 Å². The molecular formula is C37H41N5O6. The van der Waals surface area contributed by atoms with Crippen molar-refractivity contribution < 1.29 is 28.6 Å². The van der Waals surface area contributed by atoms with Crippen LogP contribution in [-0.4, -0.2) is 83.2 Å². The molecule has 2 aliphatic rings. The first kappa shape index (κ1) is 32.8. The van der Waals surface area contributed by atoms with Crippen LogP contribution in [0.2, 0.25) is 0 Å². The smallest absolute Gasteiger partial charge is 0.271 e. The van der Waals surface area contributed by atoms with E-state index in [0.29, 0.717) is 59.7 Å². The fourth-order valence-electron chi connectivity index (χ4n) is 5.81. The third kappa shape index (κ3) is 7.86. The van der Waals surface area contributed by atoms with Crippen molar-refractivity contribution in [3.63, 3.8) is 0 Å². The number of aryl methyl sites for hydroxylation is 1. The number of hydrogen-bond donors (Lipinski definition) is 2. The number of carbonyl (C=O) groups excluding carboxylic acids is 3. The molecule has 4 aromatic rings. The predicted molar refractivity (Wildman–Crippen MR) is 180 cm³/mol. The van der Waals surface area contributed by atoms with E-state index in [0.717, 1.165) is 16.7 Å². The van der Waals surface area contributed by atoms with Gasteiger partial charge >= 0.3 is 0 Å². The number of carbonyl (C=O) groups is 3. The molecular weight excluding hydrogens is 610 g/mol. The monoisotopic (exact) mass is 651 g/mol. The zero-order chi connectivity index (χ0) is 33.8. The molecule has 1 fully saturated rings. The number of aromatic amines is 1. The number of likely N-dealkylation sites (N-methyl/N-ethyl adjacent to an activating group) is 1. The molecule has 0 spiro atoms. The van der Waals surface area contributed by atoms with Gasteiger partial charge in [0.15, 0.2) is 0 Å². The number of amides is 3. The Morgan fingerprint density at radius 2 is 1.83 bits per heavy atom. The number of nitrogens with one attached hydrogen (secondary N) is 2.